The summed E-state index contributed by atoms with van der Waals surface area (Å²) in [6.07, 6.45) is 9.31. The number of piperazine rings is 1. The van der Waals surface area contributed by atoms with E-state index in [0.717, 1.165) is 68.6 Å². The molecule has 2 aromatic heterocycles. The monoisotopic (exact) mass is 499 g/mol. The number of alkyl halides is 2. The van der Waals surface area contributed by atoms with Crippen molar-refractivity contribution in [2.24, 2.45) is 18.9 Å². The molecule has 7 nitrogen and oxygen atoms in total. The van der Waals surface area contributed by atoms with Gasteiger partial charge in [-0.3, -0.25) is 14.4 Å². The Morgan fingerprint density at radius 1 is 1.11 bits per heavy atom. The molecule has 194 valence electrons. The van der Waals surface area contributed by atoms with Gasteiger partial charge in [0.05, 0.1) is 5.52 Å². The molecule has 1 aromatic carbocycles. The Hall–Kier alpha value is -2.81. The standard InChI is InChI=1S/C27H35F2N5O2/c1-27(28,29)23-18-36-31-26(23)34-14-12-33(13-15-34)11-10-19-6-8-20(9-7-19)16-25(35)21-4-3-5-24-22(21)17-32(2)30-24/h3-5,17-20H,6-16H2,1-2H3. The minimum Gasteiger partial charge on any atom is -0.362 e. The van der Waals surface area contributed by atoms with Crippen LogP contribution in [0, 0.1) is 11.8 Å². The molecule has 1 saturated carbocycles. The Morgan fingerprint density at radius 2 is 1.83 bits per heavy atom. The number of hydrogen-bond donors (Lipinski definition) is 0. The maximum absolute atomic E-state index is 13.8. The zero-order chi connectivity index (χ0) is 25.3. The number of nitrogens with zero attached hydrogens (tertiary/aromatic N) is 5. The molecule has 1 aliphatic heterocycles. The Bertz CT molecular complexity index is 1180. The van der Waals surface area contributed by atoms with Crippen LogP contribution < -0.4 is 4.90 Å². The van der Waals surface area contributed by atoms with Gasteiger partial charge in [0.2, 0.25) is 0 Å². The number of hydrogen-bond acceptors (Lipinski definition) is 6. The number of carbonyl (C=O) groups is 1. The first kappa shape index (κ1) is 24.9. The van der Waals surface area contributed by atoms with Gasteiger partial charge in [0.25, 0.3) is 5.92 Å². The lowest BCUT2D eigenvalue weighted by Crippen LogP contribution is -2.47. The molecule has 0 bridgehead atoms. The molecule has 3 aromatic rings. The molecule has 2 aliphatic rings. The van der Waals surface area contributed by atoms with E-state index < -0.39 is 5.92 Å². The molecule has 9 heteroatoms. The number of benzene rings is 1. The number of anilines is 1. The lowest BCUT2D eigenvalue weighted by atomic mass is 9.78. The first-order valence-corrected chi connectivity index (χ1v) is 13.0. The van der Waals surface area contributed by atoms with E-state index in [2.05, 4.69) is 15.2 Å². The van der Waals surface area contributed by atoms with Crippen molar-refractivity contribution in [1.82, 2.24) is 19.8 Å². The fraction of sp³-hybridized carbons (Fsp3) is 0.593. The molecule has 0 atom stereocenters. The van der Waals surface area contributed by atoms with Crippen LogP contribution in [0.4, 0.5) is 14.6 Å². The average molecular weight is 500 g/mol. The van der Waals surface area contributed by atoms with Gasteiger partial charge in [-0.15, -0.1) is 0 Å². The van der Waals surface area contributed by atoms with Gasteiger partial charge in [0.1, 0.15) is 11.8 Å². The molecule has 0 spiro atoms. The smallest absolute Gasteiger partial charge is 0.277 e. The second kappa shape index (κ2) is 10.3. The molecule has 0 amide bonds. The maximum Gasteiger partial charge on any atom is 0.277 e. The van der Waals surface area contributed by atoms with Crippen LogP contribution in [0.25, 0.3) is 10.9 Å². The zero-order valence-electron chi connectivity index (χ0n) is 21.1. The van der Waals surface area contributed by atoms with Gasteiger partial charge in [-0.25, -0.2) is 8.78 Å². The lowest BCUT2D eigenvalue weighted by molar-refractivity contribution is 0.0172. The van der Waals surface area contributed by atoms with E-state index >= 15 is 0 Å². The second-order valence-corrected chi connectivity index (χ2v) is 10.6. The summed E-state index contributed by atoms with van der Waals surface area (Å²) < 4.78 is 34.2. The van der Waals surface area contributed by atoms with Crippen molar-refractivity contribution in [1.29, 1.82) is 0 Å². The molecule has 36 heavy (non-hydrogen) atoms. The lowest BCUT2D eigenvalue weighted by Gasteiger charge is -2.36. The minimum absolute atomic E-state index is 0.136. The summed E-state index contributed by atoms with van der Waals surface area (Å²) in [7, 11) is 1.88. The first-order valence-electron chi connectivity index (χ1n) is 13.0. The molecule has 3 heterocycles. The van der Waals surface area contributed by atoms with Crippen LogP contribution in [0.15, 0.2) is 35.2 Å². The number of fused-ring (bicyclic) bond motifs is 1. The van der Waals surface area contributed by atoms with Crippen molar-refractivity contribution in [3.05, 3.63) is 41.8 Å². The Labute approximate surface area is 210 Å². The molecule has 0 unspecified atom stereocenters. The van der Waals surface area contributed by atoms with Crippen molar-refractivity contribution in [3.63, 3.8) is 0 Å². The van der Waals surface area contributed by atoms with Gasteiger partial charge < -0.3 is 9.42 Å². The second-order valence-electron chi connectivity index (χ2n) is 10.6. The van der Waals surface area contributed by atoms with Gasteiger partial charge in [-0.05, 0) is 43.7 Å². The molecule has 0 radical (unpaired) electrons. The normalized spacial score (nSPS) is 21.8. The Morgan fingerprint density at radius 3 is 2.56 bits per heavy atom. The SMILES string of the molecule is Cn1cc2c(C(=O)CC3CCC(CCN4CCN(c5nocc5C(C)(F)F)CC4)CC3)cccc2n1. The van der Waals surface area contributed by atoms with Crippen LogP contribution in [0.1, 0.15) is 61.4 Å². The van der Waals surface area contributed by atoms with E-state index in [1.807, 2.05) is 36.3 Å². The summed E-state index contributed by atoms with van der Waals surface area (Å²) >= 11 is 0. The van der Waals surface area contributed by atoms with E-state index in [1.54, 1.807) is 4.68 Å². The van der Waals surface area contributed by atoms with Crippen molar-refractivity contribution in [2.45, 2.75) is 51.4 Å². The van der Waals surface area contributed by atoms with E-state index in [4.69, 9.17) is 4.52 Å². The maximum atomic E-state index is 13.8. The van der Waals surface area contributed by atoms with Gasteiger partial charge in [0, 0.05) is 63.7 Å². The predicted octanol–water partition coefficient (Wildman–Crippen LogP) is 5.26. The van der Waals surface area contributed by atoms with Crippen LogP contribution >= 0.6 is 0 Å². The van der Waals surface area contributed by atoms with Crippen molar-refractivity contribution in [3.8, 4) is 0 Å². The van der Waals surface area contributed by atoms with E-state index in [0.29, 0.717) is 31.3 Å². The molecular weight excluding hydrogens is 464 g/mol. The number of ketones is 1. The highest BCUT2D eigenvalue weighted by atomic mass is 19.3. The van der Waals surface area contributed by atoms with Crippen LogP contribution in [0.5, 0.6) is 0 Å². The van der Waals surface area contributed by atoms with Crippen LogP contribution in [-0.4, -0.2) is 58.3 Å². The first-order chi connectivity index (χ1) is 17.3. The molecular formula is C27H35F2N5O2. The van der Waals surface area contributed by atoms with Gasteiger partial charge >= 0.3 is 0 Å². The third kappa shape index (κ3) is 5.45. The van der Waals surface area contributed by atoms with Crippen molar-refractivity contribution < 1.29 is 18.1 Å². The summed E-state index contributed by atoms with van der Waals surface area (Å²) in [5, 5.41) is 9.21. The molecule has 0 N–H and O–H groups in total. The fourth-order valence-corrected chi connectivity index (χ4v) is 5.81. The number of carbonyl (C=O) groups excluding carboxylic acids is 1. The highest BCUT2D eigenvalue weighted by Crippen LogP contribution is 2.36. The predicted molar refractivity (Wildman–Crippen MR) is 134 cm³/mol. The number of aryl methyl sites for hydroxylation is 1. The van der Waals surface area contributed by atoms with Crippen molar-refractivity contribution in [2.75, 3.05) is 37.6 Å². The third-order valence-corrected chi connectivity index (χ3v) is 7.95. The van der Waals surface area contributed by atoms with Gasteiger partial charge in [-0.2, -0.15) is 5.10 Å². The number of halogens is 2. The van der Waals surface area contributed by atoms with Crippen molar-refractivity contribution >= 4 is 22.5 Å². The quantitative estimate of drug-likeness (QED) is 0.394. The summed E-state index contributed by atoms with van der Waals surface area (Å²) in [5.41, 5.74) is 1.53. The minimum atomic E-state index is -2.96. The Kier molecular flexibility index (Phi) is 7.10. The molecule has 1 aliphatic carbocycles. The van der Waals surface area contributed by atoms with Crippen LogP contribution in [0.3, 0.4) is 0 Å². The summed E-state index contributed by atoms with van der Waals surface area (Å²) in [5.74, 6) is -1.31. The fourth-order valence-electron chi connectivity index (χ4n) is 5.81. The van der Waals surface area contributed by atoms with Crippen LogP contribution in [0.2, 0.25) is 0 Å². The van der Waals surface area contributed by atoms with Gasteiger partial charge in [0.15, 0.2) is 11.6 Å². The zero-order valence-corrected chi connectivity index (χ0v) is 21.1. The summed E-state index contributed by atoms with van der Waals surface area (Å²) in [6.45, 7) is 4.94. The Balaban J connectivity index is 1.05. The van der Waals surface area contributed by atoms with E-state index in [1.165, 1.54) is 12.8 Å². The molecule has 5 rings (SSSR count). The number of aromatic nitrogens is 3. The average Bonchev–Trinajstić information content (AvgIpc) is 3.50. The van der Waals surface area contributed by atoms with E-state index in [-0.39, 0.29) is 17.2 Å². The highest BCUT2D eigenvalue weighted by Gasteiger charge is 2.34. The number of Topliss-reactive ketones (excluding diaryl/α,β-unsaturated/α-hetero) is 1. The summed E-state index contributed by atoms with van der Waals surface area (Å²) in [6, 6.07) is 5.80. The topological polar surface area (TPSA) is 67.4 Å². The molecule has 1 saturated heterocycles. The van der Waals surface area contributed by atoms with Crippen LogP contribution in [-0.2, 0) is 13.0 Å². The van der Waals surface area contributed by atoms with E-state index in [9.17, 15) is 13.6 Å². The largest absolute Gasteiger partial charge is 0.362 e. The highest BCUT2D eigenvalue weighted by molar-refractivity contribution is 6.07. The van der Waals surface area contributed by atoms with Gasteiger partial charge in [-0.1, -0.05) is 30.1 Å². The summed E-state index contributed by atoms with van der Waals surface area (Å²) in [4.78, 5) is 17.4. The third-order valence-electron chi connectivity index (χ3n) is 7.95. The molecule has 2 fully saturated rings. The number of rotatable bonds is 8.